The van der Waals surface area contributed by atoms with Crippen LogP contribution in [0.25, 0.3) is 28.8 Å². The number of hydrogen-bond donors (Lipinski definition) is 0. The van der Waals surface area contributed by atoms with Crippen molar-refractivity contribution >= 4 is 51.7 Å². The minimum Gasteiger partial charge on any atom is -0.487 e. The summed E-state index contributed by atoms with van der Waals surface area (Å²) in [5, 5.41) is 1.57. The SMILES string of the molecule is C=C/C=C(/c1cc(C)nc2c(OCc3c(Cl)cncc3/C=C/c3scnc3C)cccc12)N(C)C. The Hall–Kier alpha value is -3.48. The van der Waals surface area contributed by atoms with E-state index < -0.39 is 0 Å². The Balaban J connectivity index is 1.71. The number of halogens is 1. The standard InChI is InChI=1S/C28H27ClN4OS/c1-6-8-25(33(4)5)22-13-18(2)32-28-21(22)9-7-10-26(28)34-16-23-20(14-30-15-24(23)29)11-12-27-19(3)31-17-35-27/h6-15,17H,1,16H2,2-5H3/b12-11+,25-8-. The fourth-order valence-electron chi connectivity index (χ4n) is 3.83. The van der Waals surface area contributed by atoms with Crippen molar-refractivity contribution in [2.75, 3.05) is 14.1 Å². The third kappa shape index (κ3) is 5.45. The van der Waals surface area contributed by atoms with Gasteiger partial charge in [0.05, 0.1) is 16.2 Å². The van der Waals surface area contributed by atoms with Gasteiger partial charge in [-0.25, -0.2) is 9.97 Å². The van der Waals surface area contributed by atoms with Crippen molar-refractivity contribution in [1.82, 2.24) is 19.9 Å². The molecule has 0 atom stereocenters. The maximum absolute atomic E-state index is 6.54. The van der Waals surface area contributed by atoms with Gasteiger partial charge in [-0.1, -0.05) is 42.5 Å². The number of rotatable bonds is 8. The predicted octanol–water partition coefficient (Wildman–Crippen LogP) is 7.19. The van der Waals surface area contributed by atoms with Crippen LogP contribution >= 0.6 is 22.9 Å². The van der Waals surface area contributed by atoms with E-state index in [-0.39, 0.29) is 6.61 Å². The first kappa shape index (κ1) is 24.6. The summed E-state index contributed by atoms with van der Waals surface area (Å²) in [4.78, 5) is 16.6. The highest BCUT2D eigenvalue weighted by Gasteiger charge is 2.15. The number of nitrogens with zero attached hydrogens (tertiary/aromatic N) is 4. The Kier molecular flexibility index (Phi) is 7.63. The van der Waals surface area contributed by atoms with Crippen LogP contribution in [-0.2, 0) is 6.61 Å². The van der Waals surface area contributed by atoms with Crippen LogP contribution < -0.4 is 4.74 Å². The number of aryl methyl sites for hydroxylation is 2. The fourth-order valence-corrected chi connectivity index (χ4v) is 4.74. The Morgan fingerprint density at radius 3 is 2.74 bits per heavy atom. The Labute approximate surface area is 215 Å². The van der Waals surface area contributed by atoms with Crippen molar-refractivity contribution in [2.45, 2.75) is 20.5 Å². The zero-order valence-electron chi connectivity index (χ0n) is 20.2. The number of ether oxygens (including phenoxy) is 1. The third-order valence-corrected chi connectivity index (χ3v) is 6.79. The summed E-state index contributed by atoms with van der Waals surface area (Å²) >= 11 is 8.14. The zero-order chi connectivity index (χ0) is 24.9. The van der Waals surface area contributed by atoms with Gasteiger partial charge in [-0.2, -0.15) is 0 Å². The molecule has 0 amide bonds. The van der Waals surface area contributed by atoms with Crippen LogP contribution in [0.15, 0.2) is 60.9 Å². The molecule has 0 bridgehead atoms. The largest absolute Gasteiger partial charge is 0.487 e. The highest BCUT2D eigenvalue weighted by molar-refractivity contribution is 7.10. The molecule has 4 rings (SSSR count). The molecule has 0 spiro atoms. The maximum atomic E-state index is 6.54. The summed E-state index contributed by atoms with van der Waals surface area (Å²) in [5.74, 6) is 0.699. The monoisotopic (exact) mass is 502 g/mol. The van der Waals surface area contributed by atoms with E-state index in [1.54, 1.807) is 29.8 Å². The topological polar surface area (TPSA) is 51.1 Å². The molecule has 1 aromatic carbocycles. The first-order chi connectivity index (χ1) is 16.9. The van der Waals surface area contributed by atoms with Crippen LogP contribution in [-0.4, -0.2) is 33.9 Å². The first-order valence-corrected chi connectivity index (χ1v) is 12.4. The van der Waals surface area contributed by atoms with E-state index in [1.807, 2.05) is 63.8 Å². The lowest BCUT2D eigenvalue weighted by atomic mass is 10.0. The summed E-state index contributed by atoms with van der Waals surface area (Å²) in [7, 11) is 4.04. The predicted molar refractivity (Wildman–Crippen MR) is 148 cm³/mol. The van der Waals surface area contributed by atoms with Gasteiger partial charge < -0.3 is 9.64 Å². The molecule has 178 valence electrons. The summed E-state index contributed by atoms with van der Waals surface area (Å²) in [6.07, 6.45) is 11.3. The van der Waals surface area contributed by atoms with Gasteiger partial charge in [-0.05, 0) is 38.1 Å². The lowest BCUT2D eigenvalue weighted by molar-refractivity contribution is 0.309. The third-order valence-electron chi connectivity index (χ3n) is 5.57. The van der Waals surface area contributed by atoms with E-state index in [0.29, 0.717) is 10.8 Å². The first-order valence-electron chi connectivity index (χ1n) is 11.1. The van der Waals surface area contributed by atoms with E-state index in [1.165, 1.54) is 0 Å². The van der Waals surface area contributed by atoms with Crippen LogP contribution in [0.5, 0.6) is 5.75 Å². The molecule has 0 aliphatic rings. The van der Waals surface area contributed by atoms with Crippen molar-refractivity contribution in [3.8, 4) is 5.75 Å². The summed E-state index contributed by atoms with van der Waals surface area (Å²) in [5.41, 5.74) is 8.45. The summed E-state index contributed by atoms with van der Waals surface area (Å²) in [6, 6.07) is 8.08. The molecule has 4 aromatic rings. The van der Waals surface area contributed by atoms with Gasteiger partial charge in [0.1, 0.15) is 17.9 Å². The fraction of sp³-hybridized carbons (Fsp3) is 0.179. The van der Waals surface area contributed by atoms with Crippen LogP contribution in [0.1, 0.15) is 33.0 Å². The van der Waals surface area contributed by atoms with Crippen LogP contribution in [0.4, 0.5) is 0 Å². The number of aromatic nitrogens is 3. The second-order valence-electron chi connectivity index (χ2n) is 8.26. The molecule has 7 heteroatoms. The van der Waals surface area contributed by atoms with Crippen molar-refractivity contribution in [1.29, 1.82) is 0 Å². The van der Waals surface area contributed by atoms with E-state index >= 15 is 0 Å². The van der Waals surface area contributed by atoms with Crippen molar-refractivity contribution in [3.05, 3.63) is 98.9 Å². The van der Waals surface area contributed by atoms with E-state index in [9.17, 15) is 0 Å². The molecule has 0 N–H and O–H groups in total. The smallest absolute Gasteiger partial charge is 0.146 e. The highest BCUT2D eigenvalue weighted by Crippen LogP contribution is 2.33. The Bertz CT molecular complexity index is 1440. The van der Waals surface area contributed by atoms with E-state index in [2.05, 4.69) is 33.6 Å². The minimum atomic E-state index is 0.288. The average molecular weight is 503 g/mol. The average Bonchev–Trinajstić information content (AvgIpc) is 3.24. The normalized spacial score (nSPS) is 11.9. The maximum Gasteiger partial charge on any atom is 0.146 e. The van der Waals surface area contributed by atoms with Gasteiger partial charge in [0, 0.05) is 64.8 Å². The van der Waals surface area contributed by atoms with Gasteiger partial charge in [0.2, 0.25) is 0 Å². The molecule has 0 aliphatic carbocycles. The molecular formula is C28H27ClN4OS. The summed E-state index contributed by atoms with van der Waals surface area (Å²) < 4.78 is 6.33. The van der Waals surface area contributed by atoms with Crippen LogP contribution in [0.2, 0.25) is 5.02 Å². The lowest BCUT2D eigenvalue weighted by Gasteiger charge is -2.20. The number of thiazole rings is 1. The Morgan fingerprint density at radius 2 is 2.03 bits per heavy atom. The number of para-hydroxylation sites is 1. The molecule has 35 heavy (non-hydrogen) atoms. The van der Waals surface area contributed by atoms with Crippen molar-refractivity contribution in [2.24, 2.45) is 0 Å². The molecular weight excluding hydrogens is 476 g/mol. The lowest BCUT2D eigenvalue weighted by Crippen LogP contribution is -2.11. The van der Waals surface area contributed by atoms with E-state index in [0.717, 1.165) is 49.6 Å². The van der Waals surface area contributed by atoms with Crippen LogP contribution in [0.3, 0.4) is 0 Å². The molecule has 0 aliphatic heterocycles. The number of pyridine rings is 2. The minimum absolute atomic E-state index is 0.288. The number of fused-ring (bicyclic) bond motifs is 1. The number of allylic oxidation sites excluding steroid dienone is 2. The van der Waals surface area contributed by atoms with Gasteiger partial charge in [0.25, 0.3) is 0 Å². The second-order valence-corrected chi connectivity index (χ2v) is 9.55. The number of hydrogen-bond acceptors (Lipinski definition) is 6. The molecule has 0 unspecified atom stereocenters. The molecule has 3 heterocycles. The van der Waals surface area contributed by atoms with Gasteiger partial charge >= 0.3 is 0 Å². The molecule has 0 saturated heterocycles. The zero-order valence-corrected chi connectivity index (χ0v) is 21.8. The van der Waals surface area contributed by atoms with Gasteiger partial charge in [0.15, 0.2) is 0 Å². The molecule has 0 saturated carbocycles. The van der Waals surface area contributed by atoms with Gasteiger partial charge in [-0.15, -0.1) is 11.3 Å². The summed E-state index contributed by atoms with van der Waals surface area (Å²) in [6.45, 7) is 8.15. The molecule has 0 radical (unpaired) electrons. The van der Waals surface area contributed by atoms with E-state index in [4.69, 9.17) is 21.3 Å². The van der Waals surface area contributed by atoms with Crippen LogP contribution in [0, 0.1) is 13.8 Å². The van der Waals surface area contributed by atoms with Gasteiger partial charge in [-0.3, -0.25) is 4.98 Å². The molecule has 3 aromatic heterocycles. The highest BCUT2D eigenvalue weighted by atomic mass is 35.5. The quantitative estimate of drug-likeness (QED) is 0.238. The molecule has 5 nitrogen and oxygen atoms in total. The van der Waals surface area contributed by atoms with Crippen molar-refractivity contribution < 1.29 is 4.74 Å². The van der Waals surface area contributed by atoms with Crippen molar-refractivity contribution in [3.63, 3.8) is 0 Å². The number of benzene rings is 1. The molecule has 0 fully saturated rings. The Morgan fingerprint density at radius 1 is 1.20 bits per heavy atom. The second kappa shape index (κ2) is 10.8.